The summed E-state index contributed by atoms with van der Waals surface area (Å²) in [7, 11) is -2.76. The SMILES string of the molecule is CCC(/C=C1\Oc2ccc(OC)cc2N1CCCCS(=O)(=O)O)=c1\s/c(=c2/o/c(=C3/SC(=O)N(CC(=O)O)C3=O)n(CC(=O)O)c2=O)n(CC(=O)O)c1=O. The normalized spacial score (nSPS) is 17.2. The van der Waals surface area contributed by atoms with Crippen molar-refractivity contribution in [2.24, 2.45) is 0 Å². The number of carboxylic acids is 3. The summed E-state index contributed by atoms with van der Waals surface area (Å²) in [6.07, 6.45) is 2.01. The lowest BCUT2D eigenvalue weighted by molar-refractivity contribution is -0.140. The van der Waals surface area contributed by atoms with E-state index < -0.39 is 91.5 Å². The summed E-state index contributed by atoms with van der Waals surface area (Å²) in [5.74, 6) is -5.22. The molecule has 2 aliphatic heterocycles. The van der Waals surface area contributed by atoms with Gasteiger partial charge < -0.3 is 34.1 Å². The number of carbonyl (C=O) groups excluding carboxylic acids is 2. The molecule has 2 aromatic heterocycles. The number of thiazole rings is 1. The number of unbranched alkanes of at least 4 members (excludes halogenated alkanes) is 1. The maximum atomic E-state index is 13.9. The van der Waals surface area contributed by atoms with Crippen LogP contribution in [0.4, 0.5) is 10.5 Å². The third-order valence-corrected chi connectivity index (χ3v) is 10.8. The number of thioether (sulfide) groups is 1. The number of ether oxygens (including phenoxy) is 2. The number of allylic oxidation sites excluding steroid dienone is 1. The van der Waals surface area contributed by atoms with Crippen molar-refractivity contribution in [3.8, 4) is 11.5 Å². The molecule has 1 fully saturated rings. The molecular formula is C31H30N4O16S3. The molecular weight excluding hydrogens is 781 g/mol. The van der Waals surface area contributed by atoms with E-state index in [-0.39, 0.29) is 58.2 Å². The molecule has 0 radical (unpaired) electrons. The van der Waals surface area contributed by atoms with Crippen LogP contribution in [-0.2, 0) is 42.4 Å². The predicted molar refractivity (Wildman–Crippen MR) is 188 cm³/mol. The Hall–Kier alpha value is -5.65. The van der Waals surface area contributed by atoms with E-state index in [0.29, 0.717) is 42.6 Å². The highest BCUT2D eigenvalue weighted by atomic mass is 32.2. The van der Waals surface area contributed by atoms with Gasteiger partial charge in [-0.3, -0.25) is 52.1 Å². The van der Waals surface area contributed by atoms with Crippen molar-refractivity contribution < 1.29 is 66.2 Å². The van der Waals surface area contributed by atoms with E-state index in [9.17, 15) is 56.7 Å². The van der Waals surface area contributed by atoms with Crippen LogP contribution in [-0.4, -0.2) is 97.3 Å². The van der Waals surface area contributed by atoms with Crippen molar-refractivity contribution in [2.75, 3.05) is 30.9 Å². The van der Waals surface area contributed by atoms with Gasteiger partial charge in [0.25, 0.3) is 32.4 Å². The van der Waals surface area contributed by atoms with E-state index in [1.807, 2.05) is 0 Å². The molecule has 0 bridgehead atoms. The average Bonchev–Trinajstić information content (AvgIpc) is 3.78. The summed E-state index contributed by atoms with van der Waals surface area (Å²) in [5, 5.41) is 27.4. The van der Waals surface area contributed by atoms with Crippen molar-refractivity contribution in [3.63, 3.8) is 0 Å². The molecule has 3 aromatic rings. The molecule has 23 heteroatoms. The zero-order valence-corrected chi connectivity index (χ0v) is 30.6. The van der Waals surface area contributed by atoms with Crippen molar-refractivity contribution in [1.29, 1.82) is 0 Å². The number of methoxy groups -OCH3 is 1. The van der Waals surface area contributed by atoms with E-state index in [1.54, 1.807) is 30.0 Å². The molecule has 4 heterocycles. The Balaban J connectivity index is 1.77. The summed E-state index contributed by atoms with van der Waals surface area (Å²) < 4.78 is 49.6. The Morgan fingerprint density at radius 3 is 2.20 bits per heavy atom. The Kier molecular flexibility index (Phi) is 11.5. The van der Waals surface area contributed by atoms with Crippen LogP contribution in [0.3, 0.4) is 0 Å². The van der Waals surface area contributed by atoms with Gasteiger partial charge in [0, 0.05) is 18.7 Å². The fourth-order valence-electron chi connectivity index (χ4n) is 5.43. The number of fused-ring (bicyclic) bond motifs is 1. The lowest BCUT2D eigenvalue weighted by Crippen LogP contribution is -2.36. The topological polar surface area (TPSA) is 282 Å². The van der Waals surface area contributed by atoms with Gasteiger partial charge in [0.15, 0.2) is 5.75 Å². The smallest absolute Gasteiger partial charge is 0.323 e. The molecule has 2 amide bonds. The monoisotopic (exact) mass is 810 g/mol. The number of aromatic nitrogens is 2. The minimum atomic E-state index is -4.21. The van der Waals surface area contributed by atoms with E-state index in [4.69, 9.17) is 19.0 Å². The number of hydrogen-bond acceptors (Lipinski definition) is 15. The highest BCUT2D eigenvalue weighted by Crippen LogP contribution is 2.42. The fourth-order valence-corrected chi connectivity index (χ4v) is 8.07. The minimum Gasteiger partial charge on any atom is -0.497 e. The fraction of sp³-hybridized carbons (Fsp3) is 0.323. The maximum absolute atomic E-state index is 13.9. The lowest BCUT2D eigenvalue weighted by Gasteiger charge is -2.19. The molecule has 54 heavy (non-hydrogen) atoms. The van der Waals surface area contributed by atoms with Gasteiger partial charge in [-0.2, -0.15) is 8.42 Å². The van der Waals surface area contributed by atoms with Gasteiger partial charge in [-0.1, -0.05) is 6.92 Å². The summed E-state index contributed by atoms with van der Waals surface area (Å²) in [6, 6.07) is 4.94. The minimum absolute atomic E-state index is 0.0753. The summed E-state index contributed by atoms with van der Waals surface area (Å²) in [5.41, 5.74) is -2.70. The van der Waals surface area contributed by atoms with Crippen molar-refractivity contribution in [1.82, 2.24) is 14.0 Å². The third-order valence-electron chi connectivity index (χ3n) is 7.83. The van der Waals surface area contributed by atoms with Crippen LogP contribution in [0.25, 0.3) is 10.5 Å². The van der Waals surface area contributed by atoms with Crippen LogP contribution >= 0.6 is 23.1 Å². The summed E-state index contributed by atoms with van der Waals surface area (Å²) in [6.45, 7) is -1.24. The number of carbonyl (C=O) groups is 5. The zero-order chi connectivity index (χ0) is 39.6. The van der Waals surface area contributed by atoms with Crippen LogP contribution < -0.4 is 35.6 Å². The molecule has 0 atom stereocenters. The van der Waals surface area contributed by atoms with Crippen LogP contribution in [0.2, 0.25) is 0 Å². The van der Waals surface area contributed by atoms with Gasteiger partial charge in [-0.25, -0.2) is 0 Å². The molecule has 0 unspecified atom stereocenters. The Morgan fingerprint density at radius 2 is 1.59 bits per heavy atom. The standard InChI is InChI=1S/C31H30N4O16S3/c1-3-15(10-19-32(8-4-5-9-54(46,47)48)17-11-16(49-2)6-7-18(17)50-19)24-27(43)34(13-21(38)39)30(52-24)23-26(42)33(12-20(36)37)29(51-23)25-28(44)35(14-22(40)41)31(45)53-25/h6-7,10-11H,3-5,8-9,12-14H2,1-2H3,(H,36,37)(H,38,39)(H,40,41)(H,46,47,48)/b19-10-,24-15+,29-25+,30-23+. The first-order valence-corrected chi connectivity index (χ1v) is 18.9. The van der Waals surface area contributed by atoms with Gasteiger partial charge in [0.1, 0.15) is 35.0 Å². The van der Waals surface area contributed by atoms with E-state index in [1.165, 1.54) is 13.2 Å². The molecule has 20 nitrogen and oxygen atoms in total. The number of amides is 2. The second-order valence-corrected chi connectivity index (χ2v) is 15.0. The first kappa shape index (κ1) is 39.6. The molecule has 2 aliphatic rings. The van der Waals surface area contributed by atoms with Gasteiger partial charge >= 0.3 is 17.9 Å². The summed E-state index contributed by atoms with van der Waals surface area (Å²) in [4.78, 5) is 89.6. The Labute approximate surface area is 310 Å². The molecule has 1 aromatic carbocycles. The zero-order valence-electron chi connectivity index (χ0n) is 28.2. The molecule has 0 aliphatic carbocycles. The van der Waals surface area contributed by atoms with E-state index >= 15 is 0 Å². The van der Waals surface area contributed by atoms with Crippen molar-refractivity contribution in [2.45, 2.75) is 39.3 Å². The second-order valence-electron chi connectivity index (χ2n) is 11.5. The van der Waals surface area contributed by atoms with Crippen molar-refractivity contribution in [3.05, 3.63) is 71.0 Å². The number of aliphatic carboxylic acids is 3. The number of carboxylic acid groups (broad SMARTS) is 3. The number of hydrogen-bond donors (Lipinski definition) is 4. The lowest BCUT2D eigenvalue weighted by atomic mass is 10.2. The molecule has 288 valence electrons. The molecule has 0 spiro atoms. The molecule has 1 saturated heterocycles. The van der Waals surface area contributed by atoms with Crippen molar-refractivity contribution >= 4 is 78.4 Å². The van der Waals surface area contributed by atoms with E-state index in [2.05, 4.69) is 0 Å². The number of anilines is 1. The Bertz CT molecular complexity index is 2580. The summed E-state index contributed by atoms with van der Waals surface area (Å²) >= 11 is 0.822. The molecule has 4 N–H and O–H groups in total. The van der Waals surface area contributed by atoms with Gasteiger partial charge in [-0.15, -0.1) is 11.3 Å². The highest BCUT2D eigenvalue weighted by Gasteiger charge is 2.39. The van der Waals surface area contributed by atoms with Crippen LogP contribution in [0.5, 0.6) is 11.5 Å². The maximum Gasteiger partial charge on any atom is 0.323 e. The number of nitrogens with zero attached hydrogens (tertiary/aromatic N) is 4. The second kappa shape index (κ2) is 15.8. The first-order chi connectivity index (χ1) is 25.4. The quantitative estimate of drug-likeness (QED) is 0.123. The number of imide groups is 1. The van der Waals surface area contributed by atoms with Gasteiger partial charge in [0.05, 0.1) is 23.1 Å². The first-order valence-electron chi connectivity index (χ1n) is 15.6. The van der Waals surface area contributed by atoms with Gasteiger partial charge in [0.2, 0.25) is 16.8 Å². The number of rotatable bonds is 14. The third kappa shape index (κ3) is 8.27. The van der Waals surface area contributed by atoms with Crippen LogP contribution in [0.15, 0.2) is 44.2 Å². The highest BCUT2D eigenvalue weighted by molar-refractivity contribution is 8.22. The average molecular weight is 811 g/mol. The molecule has 0 saturated carbocycles. The van der Waals surface area contributed by atoms with Gasteiger partial charge in [-0.05, 0) is 48.7 Å². The number of benzene rings is 1. The van der Waals surface area contributed by atoms with Crippen LogP contribution in [0, 0.1) is 10.1 Å². The molecule has 5 rings (SSSR count). The number of oxazole rings is 1. The van der Waals surface area contributed by atoms with Crippen LogP contribution in [0.1, 0.15) is 26.2 Å². The Morgan fingerprint density at radius 1 is 0.926 bits per heavy atom. The predicted octanol–water partition coefficient (Wildman–Crippen LogP) is -0.0134. The largest absolute Gasteiger partial charge is 0.497 e. The van der Waals surface area contributed by atoms with E-state index in [0.717, 1.165) is 0 Å².